The van der Waals surface area contributed by atoms with Crippen molar-refractivity contribution in [1.82, 2.24) is 0 Å². The Hall–Kier alpha value is -1.55. The summed E-state index contributed by atoms with van der Waals surface area (Å²) in [5.74, 6) is -1.48. The SMILES string of the molecule is COCC(=O)CC(=O)c1ccccc1F. The van der Waals surface area contributed by atoms with Crippen LogP contribution in [0.4, 0.5) is 4.39 Å². The number of benzene rings is 1. The number of ketones is 2. The topological polar surface area (TPSA) is 43.4 Å². The molecule has 80 valence electrons. The summed E-state index contributed by atoms with van der Waals surface area (Å²) < 4.78 is 17.7. The normalized spacial score (nSPS) is 10.0. The molecule has 0 aromatic heterocycles. The summed E-state index contributed by atoms with van der Waals surface area (Å²) in [5, 5.41) is 0. The van der Waals surface area contributed by atoms with Crippen LogP contribution in [0.2, 0.25) is 0 Å². The van der Waals surface area contributed by atoms with Gasteiger partial charge in [0.05, 0.1) is 12.0 Å². The molecule has 1 aromatic carbocycles. The van der Waals surface area contributed by atoms with Crippen molar-refractivity contribution in [2.75, 3.05) is 13.7 Å². The lowest BCUT2D eigenvalue weighted by Gasteiger charge is -2.01. The van der Waals surface area contributed by atoms with Crippen LogP contribution >= 0.6 is 0 Å². The summed E-state index contributed by atoms with van der Waals surface area (Å²) in [6.45, 7) is -0.125. The van der Waals surface area contributed by atoms with Crippen LogP contribution in [-0.4, -0.2) is 25.3 Å². The molecule has 0 aliphatic carbocycles. The quantitative estimate of drug-likeness (QED) is 0.547. The van der Waals surface area contributed by atoms with Crippen LogP contribution in [0.1, 0.15) is 16.8 Å². The van der Waals surface area contributed by atoms with Crippen LogP contribution in [0, 0.1) is 5.82 Å². The minimum absolute atomic E-state index is 0.0537. The van der Waals surface area contributed by atoms with Gasteiger partial charge in [-0.2, -0.15) is 0 Å². The number of halogens is 1. The predicted octanol–water partition coefficient (Wildman–Crippen LogP) is 1.61. The smallest absolute Gasteiger partial charge is 0.173 e. The minimum atomic E-state index is -0.604. The van der Waals surface area contributed by atoms with Crippen LogP contribution in [0.15, 0.2) is 24.3 Å². The van der Waals surface area contributed by atoms with E-state index in [0.717, 1.165) is 0 Å². The molecule has 0 saturated heterocycles. The van der Waals surface area contributed by atoms with Crippen LogP contribution in [-0.2, 0) is 9.53 Å². The second-order valence-corrected chi connectivity index (χ2v) is 3.05. The summed E-state index contributed by atoms with van der Waals surface area (Å²) in [4.78, 5) is 22.5. The molecule has 0 aliphatic rings. The van der Waals surface area contributed by atoms with E-state index in [4.69, 9.17) is 0 Å². The first-order valence-electron chi connectivity index (χ1n) is 4.43. The summed E-state index contributed by atoms with van der Waals surface area (Å²) >= 11 is 0. The van der Waals surface area contributed by atoms with Gasteiger partial charge in [0.25, 0.3) is 0 Å². The van der Waals surface area contributed by atoms with E-state index in [1.165, 1.54) is 25.3 Å². The first-order valence-corrected chi connectivity index (χ1v) is 4.43. The fourth-order valence-electron chi connectivity index (χ4n) is 1.17. The molecule has 0 fully saturated rings. The highest BCUT2D eigenvalue weighted by atomic mass is 19.1. The molecular formula is C11H11FO3. The molecule has 0 heterocycles. The second-order valence-electron chi connectivity index (χ2n) is 3.05. The van der Waals surface area contributed by atoms with E-state index in [1.807, 2.05) is 0 Å². The van der Waals surface area contributed by atoms with Crippen molar-refractivity contribution in [3.05, 3.63) is 35.6 Å². The Morgan fingerprint density at radius 3 is 2.60 bits per heavy atom. The predicted molar refractivity (Wildman–Crippen MR) is 52.2 cm³/mol. The van der Waals surface area contributed by atoms with Gasteiger partial charge >= 0.3 is 0 Å². The van der Waals surface area contributed by atoms with E-state index in [1.54, 1.807) is 6.07 Å². The molecule has 15 heavy (non-hydrogen) atoms. The Bertz CT molecular complexity index is 374. The van der Waals surface area contributed by atoms with E-state index in [9.17, 15) is 14.0 Å². The van der Waals surface area contributed by atoms with Gasteiger partial charge in [0.15, 0.2) is 11.6 Å². The van der Waals surface area contributed by atoms with Gasteiger partial charge in [0.1, 0.15) is 12.4 Å². The van der Waals surface area contributed by atoms with Crippen molar-refractivity contribution >= 4 is 11.6 Å². The molecule has 0 aliphatic heterocycles. The van der Waals surface area contributed by atoms with E-state index < -0.39 is 11.6 Å². The van der Waals surface area contributed by atoms with Crippen molar-refractivity contribution in [3.8, 4) is 0 Å². The highest BCUT2D eigenvalue weighted by Crippen LogP contribution is 2.09. The molecular weight excluding hydrogens is 199 g/mol. The van der Waals surface area contributed by atoms with Crippen LogP contribution in [0.25, 0.3) is 0 Å². The summed E-state index contributed by atoms with van der Waals surface area (Å²) in [6.07, 6.45) is -0.325. The third-order valence-electron chi connectivity index (χ3n) is 1.84. The first-order chi connectivity index (χ1) is 7.15. The molecule has 1 aromatic rings. The van der Waals surface area contributed by atoms with Gasteiger partial charge < -0.3 is 4.74 Å². The zero-order valence-corrected chi connectivity index (χ0v) is 8.33. The third kappa shape index (κ3) is 3.25. The maximum absolute atomic E-state index is 13.1. The Kier molecular flexibility index (Phi) is 4.12. The lowest BCUT2D eigenvalue weighted by molar-refractivity contribution is -0.121. The molecule has 4 heteroatoms. The molecule has 0 saturated carbocycles. The fourth-order valence-corrected chi connectivity index (χ4v) is 1.17. The Labute approximate surface area is 86.9 Å². The molecule has 0 N–H and O–H groups in total. The average Bonchev–Trinajstić information content (AvgIpc) is 2.18. The number of hydrogen-bond acceptors (Lipinski definition) is 3. The fraction of sp³-hybridized carbons (Fsp3) is 0.273. The number of hydrogen-bond donors (Lipinski definition) is 0. The molecule has 0 radical (unpaired) electrons. The minimum Gasteiger partial charge on any atom is -0.377 e. The van der Waals surface area contributed by atoms with Crippen molar-refractivity contribution in [1.29, 1.82) is 0 Å². The molecule has 0 amide bonds. The van der Waals surface area contributed by atoms with Crippen molar-refractivity contribution in [3.63, 3.8) is 0 Å². The molecule has 1 rings (SSSR count). The lowest BCUT2D eigenvalue weighted by atomic mass is 10.1. The van der Waals surface area contributed by atoms with Gasteiger partial charge in [-0.15, -0.1) is 0 Å². The number of rotatable bonds is 5. The van der Waals surface area contributed by atoms with Crippen molar-refractivity contribution in [2.45, 2.75) is 6.42 Å². The largest absolute Gasteiger partial charge is 0.377 e. The molecule has 0 atom stereocenters. The first kappa shape index (κ1) is 11.5. The molecule has 0 spiro atoms. The maximum atomic E-state index is 13.1. The van der Waals surface area contributed by atoms with Gasteiger partial charge in [-0.3, -0.25) is 9.59 Å². The number of Topliss-reactive ketones (excluding diaryl/α,β-unsaturated/α-hetero) is 2. The molecule has 0 bridgehead atoms. The van der Waals surface area contributed by atoms with Crippen molar-refractivity contribution in [2.24, 2.45) is 0 Å². The highest BCUT2D eigenvalue weighted by molar-refractivity contribution is 6.08. The van der Waals surface area contributed by atoms with Gasteiger partial charge in [0.2, 0.25) is 0 Å². The van der Waals surface area contributed by atoms with Gasteiger partial charge in [0, 0.05) is 7.11 Å². The zero-order chi connectivity index (χ0) is 11.3. The van der Waals surface area contributed by atoms with Crippen LogP contribution in [0.3, 0.4) is 0 Å². The maximum Gasteiger partial charge on any atom is 0.173 e. The van der Waals surface area contributed by atoms with Gasteiger partial charge in [-0.25, -0.2) is 4.39 Å². The van der Waals surface area contributed by atoms with Gasteiger partial charge in [-0.05, 0) is 12.1 Å². The van der Waals surface area contributed by atoms with Crippen molar-refractivity contribution < 1.29 is 18.7 Å². The number of carbonyl (C=O) groups excluding carboxylic acids is 2. The standard InChI is InChI=1S/C11H11FO3/c1-15-7-8(13)6-11(14)9-4-2-3-5-10(9)12/h2-5H,6-7H2,1H3. The number of methoxy groups -OCH3 is 1. The molecule has 3 nitrogen and oxygen atoms in total. The van der Waals surface area contributed by atoms with Crippen LogP contribution in [0.5, 0.6) is 0 Å². The molecule has 0 unspecified atom stereocenters. The number of ether oxygens (including phenoxy) is 1. The lowest BCUT2D eigenvalue weighted by Crippen LogP contribution is -2.13. The second kappa shape index (κ2) is 5.36. The summed E-state index contributed by atoms with van der Waals surface area (Å²) in [5.41, 5.74) is -0.0537. The number of carbonyl (C=O) groups is 2. The Morgan fingerprint density at radius 1 is 1.33 bits per heavy atom. The highest BCUT2D eigenvalue weighted by Gasteiger charge is 2.14. The van der Waals surface area contributed by atoms with Crippen LogP contribution < -0.4 is 0 Å². The summed E-state index contributed by atoms with van der Waals surface area (Å²) in [6, 6.07) is 5.59. The monoisotopic (exact) mass is 210 g/mol. The Balaban J connectivity index is 2.70. The Morgan fingerprint density at radius 2 is 2.00 bits per heavy atom. The van der Waals surface area contributed by atoms with E-state index in [-0.39, 0.29) is 24.4 Å². The average molecular weight is 210 g/mol. The zero-order valence-electron chi connectivity index (χ0n) is 8.33. The van der Waals surface area contributed by atoms with E-state index in [0.29, 0.717) is 0 Å². The van der Waals surface area contributed by atoms with E-state index in [2.05, 4.69) is 4.74 Å². The van der Waals surface area contributed by atoms with Gasteiger partial charge in [-0.1, -0.05) is 12.1 Å². The van der Waals surface area contributed by atoms with E-state index >= 15 is 0 Å². The summed E-state index contributed by atoms with van der Waals surface area (Å²) in [7, 11) is 1.37. The third-order valence-corrected chi connectivity index (χ3v) is 1.84.